The third-order valence-corrected chi connectivity index (χ3v) is 2.12. The fraction of sp³-hybridized carbons (Fsp3) is 0.200. The fourth-order valence-electron chi connectivity index (χ4n) is 1.45. The van der Waals surface area contributed by atoms with Crippen LogP contribution in [-0.4, -0.2) is 14.8 Å². The van der Waals surface area contributed by atoms with Crippen molar-refractivity contribution < 1.29 is 4.39 Å². The molecule has 0 radical (unpaired) electrons. The number of hydrogen-bond donors (Lipinski definition) is 1. The molecule has 0 fully saturated rings. The van der Waals surface area contributed by atoms with E-state index >= 15 is 0 Å². The second-order valence-corrected chi connectivity index (χ2v) is 3.34. The number of rotatable bonds is 1. The Balaban J connectivity index is 2.54. The molecule has 0 aliphatic heterocycles. The zero-order chi connectivity index (χ0) is 11.0. The minimum atomic E-state index is -0.419. The highest BCUT2D eigenvalue weighted by Crippen LogP contribution is 2.21. The Morgan fingerprint density at radius 3 is 2.67 bits per heavy atom. The van der Waals surface area contributed by atoms with Gasteiger partial charge in [-0.15, -0.1) is 0 Å². The highest BCUT2D eigenvalue weighted by Gasteiger charge is 2.08. The van der Waals surface area contributed by atoms with E-state index in [0.717, 1.165) is 5.56 Å². The van der Waals surface area contributed by atoms with E-state index < -0.39 is 5.82 Å². The highest BCUT2D eigenvalue weighted by molar-refractivity contribution is 5.61. The van der Waals surface area contributed by atoms with Crippen molar-refractivity contribution in [1.29, 1.82) is 0 Å². The van der Waals surface area contributed by atoms with Gasteiger partial charge in [0.15, 0.2) is 5.82 Å². The van der Waals surface area contributed by atoms with Gasteiger partial charge in [-0.1, -0.05) is 0 Å². The van der Waals surface area contributed by atoms with Crippen LogP contribution in [0.3, 0.4) is 0 Å². The van der Waals surface area contributed by atoms with Crippen molar-refractivity contribution in [2.24, 2.45) is 7.05 Å². The number of halogens is 1. The van der Waals surface area contributed by atoms with Gasteiger partial charge in [-0.05, 0) is 25.1 Å². The molecule has 0 saturated carbocycles. The van der Waals surface area contributed by atoms with E-state index in [1.54, 1.807) is 30.8 Å². The standard InChI is InChI=1S/C10H11FN4/c1-6-13-10(15(2)14-6)7-3-4-8(11)9(12)5-7/h3-5H,12H2,1-2H3. The molecular formula is C10H11FN4. The minimum absolute atomic E-state index is 0.119. The molecule has 0 unspecified atom stereocenters. The summed E-state index contributed by atoms with van der Waals surface area (Å²) in [6.45, 7) is 1.80. The van der Waals surface area contributed by atoms with E-state index in [0.29, 0.717) is 11.6 Å². The molecule has 1 aromatic carbocycles. The Bertz CT molecular complexity index is 504. The number of nitrogen functional groups attached to an aromatic ring is 1. The zero-order valence-electron chi connectivity index (χ0n) is 8.53. The Morgan fingerprint density at radius 2 is 2.13 bits per heavy atom. The van der Waals surface area contributed by atoms with Crippen LogP contribution >= 0.6 is 0 Å². The first-order valence-electron chi connectivity index (χ1n) is 4.51. The van der Waals surface area contributed by atoms with Gasteiger partial charge >= 0.3 is 0 Å². The van der Waals surface area contributed by atoms with Crippen LogP contribution in [0.2, 0.25) is 0 Å². The number of aromatic nitrogens is 3. The van der Waals surface area contributed by atoms with Gasteiger partial charge in [-0.3, -0.25) is 0 Å². The molecule has 15 heavy (non-hydrogen) atoms. The predicted molar refractivity (Wildman–Crippen MR) is 55.5 cm³/mol. The molecule has 1 aromatic heterocycles. The molecule has 0 bridgehead atoms. The largest absolute Gasteiger partial charge is 0.396 e. The number of nitrogens with zero attached hydrogens (tertiary/aromatic N) is 3. The van der Waals surface area contributed by atoms with Crippen molar-refractivity contribution in [3.8, 4) is 11.4 Å². The Morgan fingerprint density at radius 1 is 1.40 bits per heavy atom. The minimum Gasteiger partial charge on any atom is -0.396 e. The van der Waals surface area contributed by atoms with Gasteiger partial charge in [-0.2, -0.15) is 5.10 Å². The lowest BCUT2D eigenvalue weighted by atomic mass is 10.2. The average molecular weight is 206 g/mol. The first kappa shape index (κ1) is 9.64. The van der Waals surface area contributed by atoms with Gasteiger partial charge in [0.1, 0.15) is 11.6 Å². The maximum Gasteiger partial charge on any atom is 0.158 e. The number of nitrogens with two attached hydrogens (primary N) is 1. The summed E-state index contributed by atoms with van der Waals surface area (Å²) < 4.78 is 14.6. The SMILES string of the molecule is Cc1nc(-c2ccc(F)c(N)c2)n(C)n1. The predicted octanol–water partition coefficient (Wildman–Crippen LogP) is 1.51. The molecular weight excluding hydrogens is 195 g/mol. The van der Waals surface area contributed by atoms with Gasteiger partial charge in [-0.25, -0.2) is 14.1 Å². The van der Waals surface area contributed by atoms with Gasteiger partial charge in [0, 0.05) is 12.6 Å². The normalized spacial score (nSPS) is 10.6. The van der Waals surface area contributed by atoms with Crippen LogP contribution in [0.15, 0.2) is 18.2 Å². The average Bonchev–Trinajstić information content (AvgIpc) is 2.50. The molecule has 0 atom stereocenters. The van der Waals surface area contributed by atoms with Crippen molar-refractivity contribution in [2.45, 2.75) is 6.92 Å². The number of benzene rings is 1. The highest BCUT2D eigenvalue weighted by atomic mass is 19.1. The summed E-state index contributed by atoms with van der Waals surface area (Å²) in [5.74, 6) is 0.937. The third kappa shape index (κ3) is 1.68. The maximum absolute atomic E-state index is 13.0. The summed E-state index contributed by atoms with van der Waals surface area (Å²) in [6, 6.07) is 4.52. The van der Waals surface area contributed by atoms with Crippen molar-refractivity contribution >= 4 is 5.69 Å². The first-order chi connectivity index (χ1) is 7.08. The van der Waals surface area contributed by atoms with Gasteiger partial charge in [0.05, 0.1) is 5.69 Å². The van der Waals surface area contributed by atoms with Crippen molar-refractivity contribution in [3.63, 3.8) is 0 Å². The van der Waals surface area contributed by atoms with Crippen LogP contribution in [-0.2, 0) is 7.05 Å². The Labute approximate surface area is 86.6 Å². The maximum atomic E-state index is 13.0. The van der Waals surface area contributed by atoms with E-state index in [9.17, 15) is 4.39 Å². The van der Waals surface area contributed by atoms with E-state index in [2.05, 4.69) is 10.1 Å². The summed E-state index contributed by atoms with van der Waals surface area (Å²) in [6.07, 6.45) is 0. The monoisotopic (exact) mass is 206 g/mol. The van der Waals surface area contributed by atoms with E-state index in [1.807, 2.05) is 0 Å². The molecule has 0 amide bonds. The summed E-state index contributed by atoms with van der Waals surface area (Å²) in [4.78, 5) is 4.23. The second kappa shape index (κ2) is 3.34. The van der Waals surface area contributed by atoms with Gasteiger partial charge in [0.2, 0.25) is 0 Å². The quantitative estimate of drug-likeness (QED) is 0.719. The molecule has 2 rings (SSSR count). The third-order valence-electron chi connectivity index (χ3n) is 2.12. The van der Waals surface area contributed by atoms with Crippen molar-refractivity contribution in [3.05, 3.63) is 29.8 Å². The summed E-state index contributed by atoms with van der Waals surface area (Å²) in [7, 11) is 1.79. The molecule has 0 aliphatic carbocycles. The molecule has 0 saturated heterocycles. The molecule has 0 aliphatic rings. The molecule has 4 nitrogen and oxygen atoms in total. The number of hydrogen-bond acceptors (Lipinski definition) is 3. The van der Waals surface area contributed by atoms with Gasteiger partial charge in [0.25, 0.3) is 0 Å². The van der Waals surface area contributed by atoms with E-state index in [-0.39, 0.29) is 5.69 Å². The molecule has 1 heterocycles. The molecule has 5 heteroatoms. The number of aryl methyl sites for hydroxylation is 2. The second-order valence-electron chi connectivity index (χ2n) is 3.34. The zero-order valence-corrected chi connectivity index (χ0v) is 8.53. The summed E-state index contributed by atoms with van der Waals surface area (Å²) in [5.41, 5.74) is 6.36. The molecule has 2 aromatic rings. The lowest BCUT2D eigenvalue weighted by molar-refractivity contribution is 0.632. The van der Waals surface area contributed by atoms with Crippen LogP contribution in [0.5, 0.6) is 0 Å². The van der Waals surface area contributed by atoms with Crippen LogP contribution < -0.4 is 5.73 Å². The first-order valence-corrected chi connectivity index (χ1v) is 4.51. The Hall–Kier alpha value is -1.91. The lowest BCUT2D eigenvalue weighted by Crippen LogP contribution is -1.96. The fourth-order valence-corrected chi connectivity index (χ4v) is 1.45. The van der Waals surface area contributed by atoms with Crippen LogP contribution in [0.4, 0.5) is 10.1 Å². The molecule has 0 spiro atoms. The smallest absolute Gasteiger partial charge is 0.158 e. The molecule has 78 valence electrons. The van der Waals surface area contributed by atoms with E-state index in [4.69, 9.17) is 5.73 Å². The summed E-state index contributed by atoms with van der Waals surface area (Å²) >= 11 is 0. The van der Waals surface area contributed by atoms with Crippen LogP contribution in [0, 0.1) is 12.7 Å². The molecule has 2 N–H and O–H groups in total. The van der Waals surface area contributed by atoms with Crippen LogP contribution in [0.25, 0.3) is 11.4 Å². The van der Waals surface area contributed by atoms with Crippen molar-refractivity contribution in [2.75, 3.05) is 5.73 Å². The number of anilines is 1. The van der Waals surface area contributed by atoms with Gasteiger partial charge < -0.3 is 5.73 Å². The van der Waals surface area contributed by atoms with Crippen LogP contribution in [0.1, 0.15) is 5.82 Å². The summed E-state index contributed by atoms with van der Waals surface area (Å²) in [5, 5.41) is 4.11. The Kier molecular flexibility index (Phi) is 2.15. The van der Waals surface area contributed by atoms with E-state index in [1.165, 1.54) is 6.07 Å². The van der Waals surface area contributed by atoms with Crippen molar-refractivity contribution in [1.82, 2.24) is 14.8 Å². The lowest BCUT2D eigenvalue weighted by Gasteiger charge is -2.02. The topological polar surface area (TPSA) is 56.7 Å².